The zero-order valence-corrected chi connectivity index (χ0v) is 10.8. The van der Waals surface area contributed by atoms with E-state index in [9.17, 15) is 9.18 Å². The summed E-state index contributed by atoms with van der Waals surface area (Å²) in [6.07, 6.45) is 2.09. The van der Waals surface area contributed by atoms with Crippen LogP contribution in [0.5, 0.6) is 0 Å². The number of anilines is 1. The quantitative estimate of drug-likeness (QED) is 0.921. The van der Waals surface area contributed by atoms with E-state index in [-0.39, 0.29) is 16.9 Å². The van der Waals surface area contributed by atoms with Crippen molar-refractivity contribution in [3.8, 4) is 5.69 Å². The van der Waals surface area contributed by atoms with Gasteiger partial charge in [0.15, 0.2) is 0 Å². The summed E-state index contributed by atoms with van der Waals surface area (Å²) in [6, 6.07) is 6.26. The van der Waals surface area contributed by atoms with Crippen molar-refractivity contribution in [2.45, 2.75) is 32.2 Å². The fourth-order valence-electron chi connectivity index (χ4n) is 2.54. The average Bonchev–Trinajstić information content (AvgIpc) is 3.20. The first-order valence-corrected chi connectivity index (χ1v) is 6.51. The number of hydrogen-bond acceptors (Lipinski definition) is 2. The van der Waals surface area contributed by atoms with E-state index in [0.29, 0.717) is 12.5 Å². The summed E-state index contributed by atoms with van der Waals surface area (Å²) in [5, 5.41) is 0. The van der Waals surface area contributed by atoms with Gasteiger partial charge in [-0.1, -0.05) is 12.1 Å². The van der Waals surface area contributed by atoms with Gasteiger partial charge >= 0.3 is 0 Å². The van der Waals surface area contributed by atoms with Crippen LogP contribution in [0.2, 0.25) is 0 Å². The van der Waals surface area contributed by atoms with E-state index in [1.165, 1.54) is 10.7 Å². The van der Waals surface area contributed by atoms with Crippen LogP contribution in [0, 0.1) is 5.82 Å². The summed E-state index contributed by atoms with van der Waals surface area (Å²) in [7, 11) is 0. The third-order valence-electron chi connectivity index (χ3n) is 3.56. The standard InChI is InChI=1S/C14H16FN3O/c1-2-17-13(9-7-8-9)12(16)14(19)18(17)11-6-4-3-5-10(11)15/h3-6,9H,2,7-8,16H2,1H3. The number of nitrogens with two attached hydrogens (primary N) is 1. The van der Waals surface area contributed by atoms with Gasteiger partial charge in [-0.05, 0) is 31.9 Å². The normalized spacial score (nSPS) is 14.8. The van der Waals surface area contributed by atoms with Gasteiger partial charge in [-0.2, -0.15) is 0 Å². The van der Waals surface area contributed by atoms with Gasteiger partial charge in [0.2, 0.25) is 0 Å². The van der Waals surface area contributed by atoms with Crippen molar-refractivity contribution in [3.63, 3.8) is 0 Å². The second kappa shape index (κ2) is 4.26. The highest BCUT2D eigenvalue weighted by atomic mass is 19.1. The second-order valence-electron chi connectivity index (χ2n) is 4.86. The Morgan fingerprint density at radius 2 is 2.05 bits per heavy atom. The lowest BCUT2D eigenvalue weighted by Gasteiger charge is -2.13. The predicted molar refractivity (Wildman–Crippen MR) is 72.0 cm³/mol. The highest BCUT2D eigenvalue weighted by Crippen LogP contribution is 2.42. The van der Waals surface area contributed by atoms with Crippen LogP contribution >= 0.6 is 0 Å². The van der Waals surface area contributed by atoms with Gasteiger partial charge in [0.05, 0.1) is 5.69 Å². The molecule has 0 atom stereocenters. The maximum atomic E-state index is 13.9. The lowest BCUT2D eigenvalue weighted by atomic mass is 10.2. The van der Waals surface area contributed by atoms with Gasteiger partial charge in [-0.25, -0.2) is 9.07 Å². The van der Waals surface area contributed by atoms with E-state index < -0.39 is 5.82 Å². The van der Waals surface area contributed by atoms with Crippen LogP contribution in [-0.2, 0) is 6.54 Å². The summed E-state index contributed by atoms with van der Waals surface area (Å²) in [6.45, 7) is 2.52. The number of nitrogen functional groups attached to an aromatic ring is 1. The summed E-state index contributed by atoms with van der Waals surface area (Å²) in [5.41, 5.74) is 6.98. The molecule has 2 N–H and O–H groups in total. The largest absolute Gasteiger partial charge is 0.393 e. The molecule has 0 spiro atoms. The van der Waals surface area contributed by atoms with E-state index in [1.54, 1.807) is 22.9 Å². The van der Waals surface area contributed by atoms with Crippen LogP contribution in [0.25, 0.3) is 5.69 Å². The Morgan fingerprint density at radius 1 is 1.37 bits per heavy atom. The zero-order chi connectivity index (χ0) is 13.6. The van der Waals surface area contributed by atoms with E-state index in [4.69, 9.17) is 5.73 Å². The Labute approximate surface area is 110 Å². The summed E-state index contributed by atoms with van der Waals surface area (Å²) in [5.74, 6) is -0.0696. The van der Waals surface area contributed by atoms with Crippen molar-refractivity contribution in [3.05, 3.63) is 46.1 Å². The van der Waals surface area contributed by atoms with E-state index in [0.717, 1.165) is 18.5 Å². The van der Waals surface area contributed by atoms with Gasteiger partial charge in [-0.15, -0.1) is 0 Å². The number of benzene rings is 1. The molecule has 19 heavy (non-hydrogen) atoms. The fraction of sp³-hybridized carbons (Fsp3) is 0.357. The molecule has 100 valence electrons. The molecular formula is C14H16FN3O. The molecule has 0 aliphatic heterocycles. The molecule has 1 heterocycles. The molecule has 0 amide bonds. The van der Waals surface area contributed by atoms with Crippen molar-refractivity contribution in [1.29, 1.82) is 0 Å². The minimum atomic E-state index is -0.417. The number of aromatic nitrogens is 2. The first-order valence-electron chi connectivity index (χ1n) is 6.51. The fourth-order valence-corrected chi connectivity index (χ4v) is 2.54. The zero-order valence-electron chi connectivity index (χ0n) is 10.8. The third kappa shape index (κ3) is 1.77. The molecule has 4 nitrogen and oxygen atoms in total. The van der Waals surface area contributed by atoms with Crippen LogP contribution in [0.15, 0.2) is 29.1 Å². The molecule has 0 unspecified atom stereocenters. The van der Waals surface area contributed by atoms with Gasteiger partial charge < -0.3 is 5.73 Å². The Hall–Kier alpha value is -2.04. The minimum absolute atomic E-state index is 0.257. The molecule has 1 aliphatic carbocycles. The molecule has 1 saturated carbocycles. The molecule has 0 bridgehead atoms. The van der Waals surface area contributed by atoms with Crippen molar-refractivity contribution >= 4 is 5.69 Å². The molecule has 1 fully saturated rings. The Kier molecular flexibility index (Phi) is 2.69. The molecular weight excluding hydrogens is 245 g/mol. The van der Waals surface area contributed by atoms with Crippen molar-refractivity contribution < 1.29 is 4.39 Å². The Balaban J connectivity index is 2.30. The lowest BCUT2D eigenvalue weighted by Crippen LogP contribution is -2.23. The minimum Gasteiger partial charge on any atom is -0.393 e. The van der Waals surface area contributed by atoms with Crippen molar-refractivity contribution in [2.24, 2.45) is 0 Å². The van der Waals surface area contributed by atoms with Crippen LogP contribution in [0.4, 0.5) is 10.1 Å². The number of hydrogen-bond donors (Lipinski definition) is 1. The van der Waals surface area contributed by atoms with E-state index >= 15 is 0 Å². The van der Waals surface area contributed by atoms with Crippen LogP contribution in [-0.4, -0.2) is 9.36 Å². The van der Waals surface area contributed by atoms with Gasteiger partial charge in [0, 0.05) is 12.5 Å². The smallest absolute Gasteiger partial charge is 0.294 e. The molecule has 1 aliphatic rings. The maximum Gasteiger partial charge on any atom is 0.294 e. The molecule has 1 aromatic heterocycles. The molecule has 2 aromatic rings. The van der Waals surface area contributed by atoms with E-state index in [2.05, 4.69) is 0 Å². The number of rotatable bonds is 3. The topological polar surface area (TPSA) is 52.9 Å². The van der Waals surface area contributed by atoms with Gasteiger partial charge in [0.1, 0.15) is 17.2 Å². The monoisotopic (exact) mass is 261 g/mol. The third-order valence-corrected chi connectivity index (χ3v) is 3.56. The highest BCUT2D eigenvalue weighted by molar-refractivity contribution is 5.48. The van der Waals surface area contributed by atoms with Crippen molar-refractivity contribution in [1.82, 2.24) is 9.36 Å². The highest BCUT2D eigenvalue weighted by Gasteiger charge is 2.32. The van der Waals surface area contributed by atoms with Crippen LogP contribution in [0.3, 0.4) is 0 Å². The first kappa shape index (κ1) is 12.0. The average molecular weight is 261 g/mol. The number of halogens is 1. The Morgan fingerprint density at radius 3 is 2.63 bits per heavy atom. The Bertz CT molecular complexity index is 682. The van der Waals surface area contributed by atoms with Crippen LogP contribution < -0.4 is 11.3 Å². The molecule has 5 heteroatoms. The van der Waals surface area contributed by atoms with Crippen LogP contribution in [0.1, 0.15) is 31.4 Å². The van der Waals surface area contributed by atoms with Gasteiger partial charge in [-0.3, -0.25) is 9.48 Å². The number of nitrogens with zero attached hydrogens (tertiary/aromatic N) is 2. The molecule has 0 saturated heterocycles. The molecule has 3 rings (SSSR count). The maximum absolute atomic E-state index is 13.9. The molecule has 1 aromatic carbocycles. The first-order chi connectivity index (χ1) is 9.15. The predicted octanol–water partition coefficient (Wildman–Crippen LogP) is 2.26. The van der Waals surface area contributed by atoms with Crippen molar-refractivity contribution in [2.75, 3.05) is 5.73 Å². The second-order valence-corrected chi connectivity index (χ2v) is 4.86. The SMILES string of the molecule is CCn1c(C2CC2)c(N)c(=O)n1-c1ccccc1F. The molecule has 0 radical (unpaired) electrons. The summed E-state index contributed by atoms with van der Waals surface area (Å²) < 4.78 is 17.1. The number of para-hydroxylation sites is 1. The van der Waals surface area contributed by atoms with Gasteiger partial charge in [0.25, 0.3) is 5.56 Å². The lowest BCUT2D eigenvalue weighted by molar-refractivity contribution is 0.524. The summed E-state index contributed by atoms with van der Waals surface area (Å²) in [4.78, 5) is 12.3. The van der Waals surface area contributed by atoms with E-state index in [1.807, 2.05) is 6.92 Å². The summed E-state index contributed by atoms with van der Waals surface area (Å²) >= 11 is 0.